The number of rotatable bonds is 4. The van der Waals surface area contributed by atoms with E-state index in [0.717, 1.165) is 14.7 Å². The summed E-state index contributed by atoms with van der Waals surface area (Å²) in [4.78, 5) is 40.8. The van der Waals surface area contributed by atoms with Crippen LogP contribution in [-0.2, 0) is 9.59 Å². The lowest BCUT2D eigenvalue weighted by atomic mass is 10.1. The van der Waals surface area contributed by atoms with Gasteiger partial charge in [-0.1, -0.05) is 53.2 Å². The van der Waals surface area contributed by atoms with Crippen LogP contribution in [0, 0.1) is 6.92 Å². The summed E-state index contributed by atoms with van der Waals surface area (Å²) in [6.07, 6.45) is 1.47. The van der Waals surface area contributed by atoms with Crippen molar-refractivity contribution in [2.45, 2.75) is 16.7 Å². The molecular formula is C24H16Cl2N2O3S. The molecule has 3 aromatic rings. The first-order valence-electron chi connectivity index (χ1n) is 9.53. The molecule has 3 aromatic carbocycles. The first-order valence-corrected chi connectivity index (χ1v) is 11.1. The first-order chi connectivity index (χ1) is 15.3. The third-order valence-electron chi connectivity index (χ3n) is 4.82. The van der Waals surface area contributed by atoms with Crippen molar-refractivity contribution in [3.63, 3.8) is 0 Å². The Hall–Kier alpha value is -3.06. The average Bonchev–Trinajstić information content (AvgIpc) is 2.77. The summed E-state index contributed by atoms with van der Waals surface area (Å²) in [6.45, 7) is 1.70. The Morgan fingerprint density at radius 1 is 0.875 bits per heavy atom. The van der Waals surface area contributed by atoms with E-state index in [0.29, 0.717) is 26.9 Å². The minimum Gasteiger partial charge on any atom is -0.273 e. The van der Waals surface area contributed by atoms with Crippen molar-refractivity contribution in [1.82, 2.24) is 5.32 Å². The van der Waals surface area contributed by atoms with Gasteiger partial charge in [-0.3, -0.25) is 14.9 Å². The molecule has 0 aliphatic carbocycles. The van der Waals surface area contributed by atoms with Crippen molar-refractivity contribution in [3.05, 3.63) is 93.5 Å². The number of hydrogen-bond donors (Lipinski definition) is 1. The van der Waals surface area contributed by atoms with E-state index in [2.05, 4.69) is 5.32 Å². The quantitative estimate of drug-likeness (QED) is 0.359. The Kier molecular flexibility index (Phi) is 6.37. The summed E-state index contributed by atoms with van der Waals surface area (Å²) in [5.74, 6) is -1.45. The fourth-order valence-electron chi connectivity index (χ4n) is 3.15. The maximum atomic E-state index is 13.1. The molecule has 1 aliphatic heterocycles. The van der Waals surface area contributed by atoms with Crippen molar-refractivity contribution in [1.29, 1.82) is 0 Å². The van der Waals surface area contributed by atoms with Crippen LogP contribution in [0.4, 0.5) is 10.5 Å². The third kappa shape index (κ3) is 4.58. The number of carbonyl (C=O) groups excluding carboxylic acids is 3. The van der Waals surface area contributed by atoms with Gasteiger partial charge in [-0.25, -0.2) is 9.69 Å². The number of halogens is 2. The second kappa shape index (κ2) is 9.20. The van der Waals surface area contributed by atoms with Crippen LogP contribution in [0.2, 0.25) is 10.0 Å². The molecule has 1 aliphatic rings. The molecule has 4 rings (SSSR count). The topological polar surface area (TPSA) is 66.5 Å². The van der Waals surface area contributed by atoms with Crippen molar-refractivity contribution < 1.29 is 14.4 Å². The standard InChI is InChI=1S/C24H16Cl2N2O3S/c1-14-20(26)3-2-4-21(14)28-23(30)19(22(29)27-24(28)31)13-15-5-9-17(10-6-15)32-18-11-7-16(25)8-12-18/h2-13H,1H3,(H,27,29,31)/b19-13+. The van der Waals surface area contributed by atoms with Gasteiger partial charge in [-0.2, -0.15) is 0 Å². The Morgan fingerprint density at radius 2 is 1.50 bits per heavy atom. The lowest BCUT2D eigenvalue weighted by Gasteiger charge is -2.27. The molecule has 1 heterocycles. The number of barbiturate groups is 1. The van der Waals surface area contributed by atoms with Gasteiger partial charge in [-0.05, 0) is 72.7 Å². The minimum absolute atomic E-state index is 0.137. The largest absolute Gasteiger partial charge is 0.335 e. The summed E-state index contributed by atoms with van der Waals surface area (Å²) >= 11 is 13.6. The molecule has 8 heteroatoms. The number of hydrogen-bond acceptors (Lipinski definition) is 4. The van der Waals surface area contributed by atoms with Crippen LogP contribution < -0.4 is 10.2 Å². The molecule has 0 saturated carbocycles. The van der Waals surface area contributed by atoms with Crippen LogP contribution in [0.15, 0.2) is 82.1 Å². The Balaban J connectivity index is 1.60. The molecule has 32 heavy (non-hydrogen) atoms. The van der Waals surface area contributed by atoms with Crippen LogP contribution in [0.1, 0.15) is 11.1 Å². The molecule has 160 valence electrons. The molecule has 0 aromatic heterocycles. The van der Waals surface area contributed by atoms with E-state index in [9.17, 15) is 14.4 Å². The number of urea groups is 1. The number of imide groups is 2. The van der Waals surface area contributed by atoms with E-state index in [-0.39, 0.29) is 5.57 Å². The summed E-state index contributed by atoms with van der Waals surface area (Å²) in [6, 6.07) is 19.0. The van der Waals surface area contributed by atoms with E-state index in [1.165, 1.54) is 6.08 Å². The summed E-state index contributed by atoms with van der Waals surface area (Å²) in [5.41, 5.74) is 1.41. The Bertz CT molecular complexity index is 1260. The number of carbonyl (C=O) groups is 3. The number of amides is 4. The fraction of sp³-hybridized carbons (Fsp3) is 0.0417. The van der Waals surface area contributed by atoms with Crippen molar-refractivity contribution in [2.75, 3.05) is 4.90 Å². The van der Waals surface area contributed by atoms with Gasteiger partial charge in [0.25, 0.3) is 11.8 Å². The molecule has 0 atom stereocenters. The minimum atomic E-state index is -0.808. The van der Waals surface area contributed by atoms with Crippen LogP contribution in [0.5, 0.6) is 0 Å². The van der Waals surface area contributed by atoms with Crippen molar-refractivity contribution in [2.24, 2.45) is 0 Å². The smallest absolute Gasteiger partial charge is 0.273 e. The molecule has 4 amide bonds. The van der Waals surface area contributed by atoms with Crippen LogP contribution in [0.3, 0.4) is 0 Å². The van der Waals surface area contributed by atoms with Gasteiger partial charge >= 0.3 is 6.03 Å². The highest BCUT2D eigenvalue weighted by atomic mass is 35.5. The maximum absolute atomic E-state index is 13.1. The van der Waals surface area contributed by atoms with Crippen molar-refractivity contribution >= 4 is 64.6 Å². The molecule has 0 unspecified atom stereocenters. The SMILES string of the molecule is Cc1c(Cl)cccc1N1C(=O)NC(=O)/C(=C\c2ccc(Sc3ccc(Cl)cc3)cc2)C1=O. The zero-order chi connectivity index (χ0) is 22.8. The second-order valence-electron chi connectivity index (χ2n) is 6.97. The van der Waals surface area contributed by atoms with E-state index >= 15 is 0 Å². The molecule has 1 fully saturated rings. The summed E-state index contributed by atoms with van der Waals surface area (Å²) in [5, 5.41) is 3.31. The van der Waals surface area contributed by atoms with Gasteiger partial charge in [0, 0.05) is 19.8 Å². The number of benzene rings is 3. The molecule has 5 nitrogen and oxygen atoms in total. The highest BCUT2D eigenvalue weighted by Gasteiger charge is 2.37. The Labute approximate surface area is 199 Å². The van der Waals surface area contributed by atoms with E-state index in [1.807, 2.05) is 36.4 Å². The normalized spacial score (nSPS) is 15.3. The predicted molar refractivity (Wildman–Crippen MR) is 127 cm³/mol. The number of nitrogens with one attached hydrogen (secondary N) is 1. The second-order valence-corrected chi connectivity index (χ2v) is 8.96. The first kappa shape index (κ1) is 22.1. The predicted octanol–water partition coefficient (Wildman–Crippen LogP) is 6.12. The Morgan fingerprint density at radius 3 is 2.16 bits per heavy atom. The number of anilines is 1. The molecule has 1 N–H and O–H groups in total. The van der Waals surface area contributed by atoms with Crippen LogP contribution >= 0.6 is 35.0 Å². The number of nitrogens with zero attached hydrogens (tertiary/aromatic N) is 1. The van der Waals surface area contributed by atoms with Gasteiger partial charge in [-0.15, -0.1) is 0 Å². The van der Waals surface area contributed by atoms with Crippen LogP contribution in [0.25, 0.3) is 6.08 Å². The molecule has 0 radical (unpaired) electrons. The van der Waals surface area contributed by atoms with Gasteiger partial charge in [0.1, 0.15) is 5.57 Å². The maximum Gasteiger partial charge on any atom is 0.335 e. The van der Waals surface area contributed by atoms with Gasteiger partial charge in [0.15, 0.2) is 0 Å². The van der Waals surface area contributed by atoms with E-state index in [4.69, 9.17) is 23.2 Å². The zero-order valence-corrected chi connectivity index (χ0v) is 19.1. The van der Waals surface area contributed by atoms with E-state index in [1.54, 1.807) is 49.0 Å². The lowest BCUT2D eigenvalue weighted by molar-refractivity contribution is -0.122. The van der Waals surface area contributed by atoms with E-state index < -0.39 is 17.8 Å². The van der Waals surface area contributed by atoms with Gasteiger partial charge < -0.3 is 0 Å². The lowest BCUT2D eigenvalue weighted by Crippen LogP contribution is -2.54. The zero-order valence-electron chi connectivity index (χ0n) is 16.8. The molecule has 1 saturated heterocycles. The third-order valence-corrected chi connectivity index (χ3v) is 6.50. The highest BCUT2D eigenvalue weighted by Crippen LogP contribution is 2.31. The summed E-state index contributed by atoms with van der Waals surface area (Å²) < 4.78 is 0. The highest BCUT2D eigenvalue weighted by molar-refractivity contribution is 7.99. The molecule has 0 spiro atoms. The monoisotopic (exact) mass is 482 g/mol. The van der Waals surface area contributed by atoms with Gasteiger partial charge in [0.2, 0.25) is 0 Å². The van der Waals surface area contributed by atoms with Crippen molar-refractivity contribution in [3.8, 4) is 0 Å². The molecule has 0 bridgehead atoms. The van der Waals surface area contributed by atoms with Crippen LogP contribution in [-0.4, -0.2) is 17.8 Å². The fourth-order valence-corrected chi connectivity index (χ4v) is 4.26. The average molecular weight is 483 g/mol. The summed E-state index contributed by atoms with van der Waals surface area (Å²) in [7, 11) is 0. The molecular weight excluding hydrogens is 467 g/mol. The van der Waals surface area contributed by atoms with Gasteiger partial charge in [0.05, 0.1) is 5.69 Å².